The van der Waals surface area contributed by atoms with Crippen LogP contribution in [0.3, 0.4) is 0 Å². The summed E-state index contributed by atoms with van der Waals surface area (Å²) in [5.74, 6) is -0.0572. The first-order chi connectivity index (χ1) is 11.1. The Labute approximate surface area is 135 Å². The van der Waals surface area contributed by atoms with Gasteiger partial charge in [-0.25, -0.2) is 0 Å². The van der Waals surface area contributed by atoms with Gasteiger partial charge in [0.15, 0.2) is 0 Å². The van der Waals surface area contributed by atoms with Crippen molar-refractivity contribution >= 4 is 17.5 Å². The fourth-order valence-corrected chi connectivity index (χ4v) is 2.92. The topological polar surface area (TPSA) is 58.2 Å². The van der Waals surface area contributed by atoms with Crippen LogP contribution >= 0.6 is 0 Å². The highest BCUT2D eigenvalue weighted by Gasteiger charge is 2.29. The van der Waals surface area contributed by atoms with Gasteiger partial charge in [0, 0.05) is 17.7 Å². The van der Waals surface area contributed by atoms with Crippen molar-refractivity contribution in [1.82, 2.24) is 5.32 Å². The molecule has 3 rings (SSSR count). The van der Waals surface area contributed by atoms with Gasteiger partial charge in [0.2, 0.25) is 5.91 Å². The van der Waals surface area contributed by atoms with E-state index in [-0.39, 0.29) is 11.8 Å². The Kier molecular flexibility index (Phi) is 4.15. The number of rotatable bonds is 3. The molecule has 0 saturated heterocycles. The molecule has 2 N–H and O–H groups in total. The van der Waals surface area contributed by atoms with Crippen molar-refractivity contribution in [2.45, 2.75) is 32.2 Å². The van der Waals surface area contributed by atoms with Gasteiger partial charge in [-0.15, -0.1) is 0 Å². The molecule has 1 heterocycles. The zero-order chi connectivity index (χ0) is 16.4. The average molecular weight is 308 g/mol. The number of para-hydroxylation sites is 1. The van der Waals surface area contributed by atoms with Crippen LogP contribution in [0.15, 0.2) is 48.5 Å². The maximum Gasteiger partial charge on any atom is 0.252 e. The van der Waals surface area contributed by atoms with Crippen LogP contribution in [0.25, 0.3) is 0 Å². The van der Waals surface area contributed by atoms with E-state index in [9.17, 15) is 9.59 Å². The van der Waals surface area contributed by atoms with Gasteiger partial charge in [-0.3, -0.25) is 9.59 Å². The molecule has 2 aromatic rings. The lowest BCUT2D eigenvalue weighted by Gasteiger charge is -2.25. The molecule has 0 aromatic heterocycles. The monoisotopic (exact) mass is 308 g/mol. The van der Waals surface area contributed by atoms with Gasteiger partial charge in [-0.05, 0) is 29.2 Å². The van der Waals surface area contributed by atoms with Gasteiger partial charge < -0.3 is 10.6 Å². The third kappa shape index (κ3) is 3.11. The summed E-state index contributed by atoms with van der Waals surface area (Å²) in [6, 6.07) is 14.6. The van der Waals surface area contributed by atoms with Crippen molar-refractivity contribution < 1.29 is 9.59 Å². The number of carbonyl (C=O) groups is 2. The van der Waals surface area contributed by atoms with Gasteiger partial charge in [0.25, 0.3) is 5.91 Å². The molecule has 1 aliphatic rings. The highest BCUT2D eigenvalue weighted by molar-refractivity contribution is 6.04. The van der Waals surface area contributed by atoms with Gasteiger partial charge >= 0.3 is 0 Å². The van der Waals surface area contributed by atoms with Crippen molar-refractivity contribution in [2.75, 3.05) is 5.32 Å². The molecule has 2 aromatic carbocycles. The summed E-state index contributed by atoms with van der Waals surface area (Å²) in [5.41, 5.74) is 3.46. The van der Waals surface area contributed by atoms with Crippen LogP contribution in [0.2, 0.25) is 0 Å². The van der Waals surface area contributed by atoms with Gasteiger partial charge in [0.05, 0.1) is 0 Å². The number of amides is 2. The van der Waals surface area contributed by atoms with Gasteiger partial charge in [-0.2, -0.15) is 0 Å². The van der Waals surface area contributed by atoms with E-state index in [1.165, 1.54) is 0 Å². The molecule has 4 nitrogen and oxygen atoms in total. The number of benzene rings is 2. The summed E-state index contributed by atoms with van der Waals surface area (Å²) in [5, 5.41) is 5.75. The maximum absolute atomic E-state index is 12.6. The predicted molar refractivity (Wildman–Crippen MR) is 90.6 cm³/mol. The molecular weight excluding hydrogens is 288 g/mol. The molecule has 0 aliphatic carbocycles. The SMILES string of the molecule is CC(C)c1ccccc1NC(=O)C1Cc2ccccc2C(=O)N1. The first-order valence-corrected chi connectivity index (χ1v) is 7.85. The minimum atomic E-state index is -0.544. The summed E-state index contributed by atoms with van der Waals surface area (Å²) < 4.78 is 0. The number of hydrogen-bond acceptors (Lipinski definition) is 2. The van der Waals surface area contributed by atoms with Crippen LogP contribution < -0.4 is 10.6 Å². The van der Waals surface area contributed by atoms with E-state index >= 15 is 0 Å². The van der Waals surface area contributed by atoms with E-state index in [4.69, 9.17) is 0 Å². The quantitative estimate of drug-likeness (QED) is 0.915. The molecule has 0 saturated carbocycles. The standard InChI is InChI=1S/C19H20N2O2/c1-12(2)14-8-5-6-10-16(14)20-19(23)17-11-13-7-3-4-9-15(13)18(22)21-17/h3-10,12,17H,11H2,1-2H3,(H,20,23)(H,21,22). The molecule has 4 heteroatoms. The molecule has 1 atom stereocenters. The number of nitrogens with one attached hydrogen (secondary N) is 2. The number of anilines is 1. The Morgan fingerprint density at radius 1 is 1.13 bits per heavy atom. The van der Waals surface area contributed by atoms with E-state index in [1.54, 1.807) is 6.07 Å². The van der Waals surface area contributed by atoms with E-state index in [0.717, 1.165) is 16.8 Å². The molecule has 1 aliphatic heterocycles. The summed E-state index contributed by atoms with van der Waals surface area (Å²) in [6.45, 7) is 4.17. The highest BCUT2D eigenvalue weighted by atomic mass is 16.2. The second-order valence-electron chi connectivity index (χ2n) is 6.12. The van der Waals surface area contributed by atoms with Crippen molar-refractivity contribution in [3.63, 3.8) is 0 Å². The van der Waals surface area contributed by atoms with Crippen molar-refractivity contribution in [3.8, 4) is 0 Å². The first-order valence-electron chi connectivity index (χ1n) is 7.85. The zero-order valence-electron chi connectivity index (χ0n) is 13.3. The maximum atomic E-state index is 12.6. The second kappa shape index (κ2) is 6.24. The fourth-order valence-electron chi connectivity index (χ4n) is 2.92. The predicted octanol–water partition coefficient (Wildman–Crippen LogP) is 3.10. The van der Waals surface area contributed by atoms with E-state index in [0.29, 0.717) is 17.9 Å². The molecular formula is C19H20N2O2. The Balaban J connectivity index is 1.79. The molecule has 0 radical (unpaired) electrons. The van der Waals surface area contributed by atoms with E-state index < -0.39 is 6.04 Å². The largest absolute Gasteiger partial charge is 0.340 e. The molecule has 23 heavy (non-hydrogen) atoms. The lowest BCUT2D eigenvalue weighted by Crippen LogP contribution is -2.48. The minimum Gasteiger partial charge on any atom is -0.340 e. The summed E-state index contributed by atoms with van der Waals surface area (Å²) in [4.78, 5) is 24.7. The van der Waals surface area contributed by atoms with Crippen LogP contribution in [0.4, 0.5) is 5.69 Å². The van der Waals surface area contributed by atoms with Gasteiger partial charge in [-0.1, -0.05) is 50.2 Å². The Bertz CT molecular complexity index is 753. The van der Waals surface area contributed by atoms with Gasteiger partial charge in [0.1, 0.15) is 6.04 Å². The molecule has 0 spiro atoms. The smallest absolute Gasteiger partial charge is 0.252 e. The van der Waals surface area contributed by atoms with Crippen LogP contribution in [0, 0.1) is 0 Å². The first kappa shape index (κ1) is 15.3. The van der Waals surface area contributed by atoms with Crippen molar-refractivity contribution in [3.05, 3.63) is 65.2 Å². The van der Waals surface area contributed by atoms with Crippen LogP contribution in [0.5, 0.6) is 0 Å². The average Bonchev–Trinajstić information content (AvgIpc) is 2.55. The van der Waals surface area contributed by atoms with Crippen molar-refractivity contribution in [2.24, 2.45) is 0 Å². The van der Waals surface area contributed by atoms with Crippen LogP contribution in [0.1, 0.15) is 41.3 Å². The Morgan fingerprint density at radius 3 is 2.61 bits per heavy atom. The lowest BCUT2D eigenvalue weighted by molar-refractivity contribution is -0.118. The third-order valence-electron chi connectivity index (χ3n) is 4.15. The number of hydrogen-bond donors (Lipinski definition) is 2. The Hall–Kier alpha value is -2.62. The Morgan fingerprint density at radius 2 is 1.83 bits per heavy atom. The number of fused-ring (bicyclic) bond motifs is 1. The molecule has 0 fully saturated rings. The highest BCUT2D eigenvalue weighted by Crippen LogP contribution is 2.24. The normalized spacial score (nSPS) is 16.7. The minimum absolute atomic E-state index is 0.180. The van der Waals surface area contributed by atoms with Crippen LogP contribution in [-0.4, -0.2) is 17.9 Å². The zero-order valence-corrected chi connectivity index (χ0v) is 13.3. The number of carbonyl (C=O) groups excluding carboxylic acids is 2. The summed E-state index contributed by atoms with van der Waals surface area (Å²) >= 11 is 0. The van der Waals surface area contributed by atoms with Crippen molar-refractivity contribution in [1.29, 1.82) is 0 Å². The van der Waals surface area contributed by atoms with E-state index in [2.05, 4.69) is 24.5 Å². The molecule has 2 amide bonds. The lowest BCUT2D eigenvalue weighted by atomic mass is 9.94. The van der Waals surface area contributed by atoms with Crippen LogP contribution in [-0.2, 0) is 11.2 Å². The molecule has 0 bridgehead atoms. The van der Waals surface area contributed by atoms with E-state index in [1.807, 2.05) is 42.5 Å². The second-order valence-corrected chi connectivity index (χ2v) is 6.12. The summed E-state index contributed by atoms with van der Waals surface area (Å²) in [6.07, 6.45) is 0.512. The fraction of sp³-hybridized carbons (Fsp3) is 0.263. The molecule has 118 valence electrons. The summed E-state index contributed by atoms with van der Waals surface area (Å²) in [7, 11) is 0. The third-order valence-corrected chi connectivity index (χ3v) is 4.15. The molecule has 1 unspecified atom stereocenters.